The molecule has 0 spiro atoms. The van der Waals surface area contributed by atoms with Crippen LogP contribution in [0.5, 0.6) is 5.75 Å². The van der Waals surface area contributed by atoms with Crippen molar-refractivity contribution in [2.45, 2.75) is 38.4 Å². The zero-order valence-corrected chi connectivity index (χ0v) is 16.9. The van der Waals surface area contributed by atoms with Crippen LogP contribution < -0.4 is 10.1 Å². The molecule has 0 radical (unpaired) electrons. The summed E-state index contributed by atoms with van der Waals surface area (Å²) in [5.41, 5.74) is 1.90. The minimum absolute atomic E-state index is 0.0435. The maximum absolute atomic E-state index is 12.8. The molecule has 2 aromatic rings. The van der Waals surface area contributed by atoms with Crippen LogP contribution in [0.4, 0.5) is 10.1 Å². The largest absolute Gasteiger partial charge is 0.493 e. The molecular weight excluding hydrogens is 365 g/mol. The van der Waals surface area contributed by atoms with Gasteiger partial charge >= 0.3 is 0 Å². The van der Waals surface area contributed by atoms with E-state index in [1.807, 2.05) is 24.3 Å². The summed E-state index contributed by atoms with van der Waals surface area (Å²) in [4.78, 5) is 12.3. The van der Waals surface area contributed by atoms with Gasteiger partial charge in [-0.3, -0.25) is 9.00 Å². The molecule has 0 heterocycles. The second-order valence-electron chi connectivity index (χ2n) is 7.35. The topological polar surface area (TPSA) is 55.4 Å². The molecule has 1 N–H and O–H groups in total. The summed E-state index contributed by atoms with van der Waals surface area (Å²) in [6.07, 6.45) is 0. The summed E-state index contributed by atoms with van der Waals surface area (Å²) in [5.74, 6) is 0.0874. The fraction of sp³-hybridized carbons (Fsp3) is 0.381. The van der Waals surface area contributed by atoms with Crippen LogP contribution in [0.15, 0.2) is 48.5 Å². The summed E-state index contributed by atoms with van der Waals surface area (Å²) < 4.78 is 30.6. The third kappa shape index (κ3) is 6.47. The third-order valence-electron chi connectivity index (χ3n) is 4.15. The van der Waals surface area contributed by atoms with Crippen LogP contribution in [0.1, 0.15) is 33.3 Å². The lowest BCUT2D eigenvalue weighted by molar-refractivity contribution is -0.115. The number of halogens is 1. The first-order valence-electron chi connectivity index (χ1n) is 8.84. The zero-order chi connectivity index (χ0) is 20.0. The standard InChI is InChI=1S/C21H26FNO3S/c1-15(27(25)14-13-26-19-11-7-17(22)8-12-19)20(24)23-18-9-5-16(6-10-18)21(2,3)4/h5-12,15H,13-14H2,1-4H3,(H,23,24). The molecule has 0 aliphatic rings. The predicted molar refractivity (Wildman–Crippen MR) is 108 cm³/mol. The van der Waals surface area contributed by atoms with E-state index in [9.17, 15) is 13.4 Å². The van der Waals surface area contributed by atoms with Gasteiger partial charge in [-0.2, -0.15) is 0 Å². The van der Waals surface area contributed by atoms with Crippen molar-refractivity contribution >= 4 is 22.4 Å². The van der Waals surface area contributed by atoms with Gasteiger partial charge in [0.25, 0.3) is 0 Å². The minimum Gasteiger partial charge on any atom is -0.493 e. The quantitative estimate of drug-likeness (QED) is 0.767. The highest BCUT2D eigenvalue weighted by molar-refractivity contribution is 7.86. The average molecular weight is 392 g/mol. The van der Waals surface area contributed by atoms with E-state index in [-0.39, 0.29) is 29.5 Å². The van der Waals surface area contributed by atoms with Gasteiger partial charge in [-0.1, -0.05) is 32.9 Å². The highest BCUT2D eigenvalue weighted by Crippen LogP contribution is 2.23. The number of anilines is 1. The van der Waals surface area contributed by atoms with E-state index in [1.165, 1.54) is 29.8 Å². The zero-order valence-electron chi connectivity index (χ0n) is 16.1. The summed E-state index contributed by atoms with van der Waals surface area (Å²) in [6, 6.07) is 13.3. The molecule has 0 aliphatic carbocycles. The fourth-order valence-corrected chi connectivity index (χ4v) is 3.26. The van der Waals surface area contributed by atoms with Crippen LogP contribution in [0.3, 0.4) is 0 Å². The first-order valence-corrected chi connectivity index (χ1v) is 10.2. The Balaban J connectivity index is 1.83. The molecule has 2 atom stereocenters. The maximum atomic E-state index is 12.8. The Hall–Kier alpha value is -2.21. The van der Waals surface area contributed by atoms with Crippen LogP contribution in [-0.2, 0) is 21.0 Å². The molecule has 2 rings (SSSR count). The molecule has 2 aromatic carbocycles. The minimum atomic E-state index is -1.38. The Morgan fingerprint density at radius 2 is 1.70 bits per heavy atom. The lowest BCUT2D eigenvalue weighted by atomic mass is 9.87. The first kappa shape index (κ1) is 21.1. The van der Waals surface area contributed by atoms with E-state index < -0.39 is 16.0 Å². The van der Waals surface area contributed by atoms with E-state index in [0.717, 1.165) is 0 Å². The molecule has 2 unspecified atom stereocenters. The van der Waals surface area contributed by atoms with Gasteiger partial charge in [-0.05, 0) is 54.3 Å². The Bertz CT molecular complexity index is 783. The van der Waals surface area contributed by atoms with E-state index >= 15 is 0 Å². The monoisotopic (exact) mass is 391 g/mol. The highest BCUT2D eigenvalue weighted by Gasteiger charge is 2.20. The molecule has 146 valence electrons. The smallest absolute Gasteiger partial charge is 0.239 e. The van der Waals surface area contributed by atoms with Gasteiger partial charge in [0.1, 0.15) is 16.8 Å². The number of hydrogen-bond acceptors (Lipinski definition) is 3. The molecule has 0 aliphatic heterocycles. The van der Waals surface area contributed by atoms with Crippen molar-refractivity contribution in [1.29, 1.82) is 0 Å². The predicted octanol–water partition coefficient (Wildman–Crippen LogP) is 4.28. The van der Waals surface area contributed by atoms with E-state index in [2.05, 4.69) is 26.1 Å². The molecule has 0 bridgehead atoms. The molecule has 0 aromatic heterocycles. The lowest BCUT2D eigenvalue weighted by Gasteiger charge is -2.19. The Labute approximate surface area is 162 Å². The van der Waals surface area contributed by atoms with Crippen molar-refractivity contribution in [1.82, 2.24) is 0 Å². The molecular formula is C21H26FNO3S. The van der Waals surface area contributed by atoms with E-state index in [0.29, 0.717) is 11.4 Å². The van der Waals surface area contributed by atoms with E-state index in [1.54, 1.807) is 6.92 Å². The van der Waals surface area contributed by atoms with Gasteiger partial charge < -0.3 is 10.1 Å². The number of rotatable bonds is 7. The number of hydrogen-bond donors (Lipinski definition) is 1. The second kappa shape index (κ2) is 9.13. The first-order chi connectivity index (χ1) is 12.7. The number of amides is 1. The van der Waals surface area contributed by atoms with Crippen molar-refractivity contribution in [3.05, 3.63) is 59.9 Å². The van der Waals surface area contributed by atoms with Crippen molar-refractivity contribution in [3.8, 4) is 5.75 Å². The van der Waals surface area contributed by atoms with Gasteiger partial charge in [-0.15, -0.1) is 0 Å². The highest BCUT2D eigenvalue weighted by atomic mass is 32.2. The Kier molecular flexibility index (Phi) is 7.13. The normalized spacial score (nSPS) is 13.7. The Morgan fingerprint density at radius 1 is 1.11 bits per heavy atom. The van der Waals surface area contributed by atoms with Crippen molar-refractivity contribution in [2.24, 2.45) is 0 Å². The number of benzene rings is 2. The van der Waals surface area contributed by atoms with Gasteiger partial charge in [-0.25, -0.2) is 4.39 Å². The average Bonchev–Trinajstić information content (AvgIpc) is 2.62. The van der Waals surface area contributed by atoms with Gasteiger partial charge in [0.05, 0.1) is 12.4 Å². The molecule has 0 saturated carbocycles. The number of carbonyl (C=O) groups is 1. The van der Waals surface area contributed by atoms with Crippen molar-refractivity contribution < 1.29 is 18.1 Å². The molecule has 6 heteroatoms. The molecule has 4 nitrogen and oxygen atoms in total. The van der Waals surface area contributed by atoms with Crippen molar-refractivity contribution in [3.63, 3.8) is 0 Å². The molecule has 1 amide bonds. The number of nitrogens with one attached hydrogen (secondary N) is 1. The van der Waals surface area contributed by atoms with Gasteiger partial charge in [0, 0.05) is 16.5 Å². The van der Waals surface area contributed by atoms with Gasteiger partial charge in [0.2, 0.25) is 5.91 Å². The Morgan fingerprint density at radius 3 is 2.26 bits per heavy atom. The van der Waals surface area contributed by atoms with Crippen LogP contribution in [0.2, 0.25) is 0 Å². The summed E-state index contributed by atoms with van der Waals surface area (Å²) in [6.45, 7) is 8.20. The SMILES string of the molecule is CC(C(=O)Nc1ccc(C(C)(C)C)cc1)S(=O)CCOc1ccc(F)cc1. The fourth-order valence-electron chi connectivity index (χ4n) is 2.37. The van der Waals surface area contributed by atoms with Crippen LogP contribution in [-0.4, -0.2) is 27.7 Å². The number of ether oxygens (including phenoxy) is 1. The third-order valence-corrected chi connectivity index (χ3v) is 5.72. The maximum Gasteiger partial charge on any atom is 0.239 e. The summed E-state index contributed by atoms with van der Waals surface area (Å²) in [7, 11) is -1.38. The van der Waals surface area contributed by atoms with E-state index in [4.69, 9.17) is 4.74 Å². The molecule has 0 saturated heterocycles. The van der Waals surface area contributed by atoms with Crippen LogP contribution in [0, 0.1) is 5.82 Å². The molecule has 27 heavy (non-hydrogen) atoms. The molecule has 0 fully saturated rings. The second-order valence-corrected chi connectivity index (χ2v) is 9.22. The number of carbonyl (C=O) groups excluding carboxylic acids is 1. The summed E-state index contributed by atoms with van der Waals surface area (Å²) in [5, 5.41) is 2.14. The van der Waals surface area contributed by atoms with Gasteiger partial charge in [0.15, 0.2) is 0 Å². The summed E-state index contributed by atoms with van der Waals surface area (Å²) >= 11 is 0. The lowest BCUT2D eigenvalue weighted by Crippen LogP contribution is -2.31. The van der Waals surface area contributed by atoms with Crippen LogP contribution in [0.25, 0.3) is 0 Å². The van der Waals surface area contributed by atoms with Crippen LogP contribution >= 0.6 is 0 Å². The van der Waals surface area contributed by atoms with Crippen molar-refractivity contribution in [2.75, 3.05) is 17.7 Å².